The van der Waals surface area contributed by atoms with Gasteiger partial charge in [-0.05, 0) is 36.8 Å². The van der Waals surface area contributed by atoms with Crippen LogP contribution in [0.5, 0.6) is 0 Å². The van der Waals surface area contributed by atoms with E-state index >= 15 is 0 Å². The summed E-state index contributed by atoms with van der Waals surface area (Å²) in [6, 6.07) is 4.08. The molecule has 5 heteroatoms. The van der Waals surface area contributed by atoms with Crippen molar-refractivity contribution in [3.8, 4) is 0 Å². The van der Waals surface area contributed by atoms with Gasteiger partial charge in [0, 0.05) is 23.7 Å². The number of nitrogens with one attached hydrogen (secondary N) is 1. The summed E-state index contributed by atoms with van der Waals surface area (Å²) in [5.41, 5.74) is 0.539. The predicted octanol–water partition coefficient (Wildman–Crippen LogP) is 4.20. The van der Waals surface area contributed by atoms with Crippen molar-refractivity contribution >= 4 is 39.9 Å². The topological polar surface area (TPSA) is 24.4 Å². The summed E-state index contributed by atoms with van der Waals surface area (Å²) in [6.45, 7) is 1.99. The Kier molecular flexibility index (Phi) is 4.40. The predicted molar refractivity (Wildman–Crippen MR) is 86.7 cm³/mol. The Balaban J connectivity index is 1.45. The third-order valence-corrected chi connectivity index (χ3v) is 6.61. The number of hydrogen-bond donors (Lipinski definition) is 1. The Morgan fingerprint density at radius 3 is 2.79 bits per heavy atom. The number of rotatable bonds is 3. The molecule has 19 heavy (non-hydrogen) atoms. The smallest absolute Gasteiger partial charge is 0.156 e. The largest absolute Gasteiger partial charge is 0.365 e. The summed E-state index contributed by atoms with van der Waals surface area (Å²) in [4.78, 5) is 6.09. The van der Waals surface area contributed by atoms with E-state index in [0.717, 1.165) is 29.0 Å². The Morgan fingerprint density at radius 2 is 2.16 bits per heavy atom. The summed E-state index contributed by atoms with van der Waals surface area (Å²) in [7, 11) is 0. The highest BCUT2D eigenvalue weighted by atomic mass is 35.5. The molecule has 1 aliphatic carbocycles. The van der Waals surface area contributed by atoms with Crippen molar-refractivity contribution in [2.24, 2.45) is 10.4 Å². The number of thioether (sulfide) groups is 1. The number of hydrogen-bond acceptors (Lipinski definition) is 4. The first kappa shape index (κ1) is 13.8. The molecule has 1 saturated carbocycles. The van der Waals surface area contributed by atoms with Gasteiger partial charge >= 0.3 is 0 Å². The lowest BCUT2D eigenvalue weighted by Gasteiger charge is -2.31. The molecule has 0 bridgehead atoms. The normalized spacial score (nSPS) is 21.6. The van der Waals surface area contributed by atoms with Gasteiger partial charge in [0.05, 0.1) is 4.34 Å². The molecule has 0 saturated heterocycles. The van der Waals surface area contributed by atoms with Crippen LogP contribution >= 0.6 is 34.7 Å². The second-order valence-electron chi connectivity index (χ2n) is 5.50. The van der Waals surface area contributed by atoms with Crippen molar-refractivity contribution in [1.29, 1.82) is 0 Å². The van der Waals surface area contributed by atoms with Crippen molar-refractivity contribution in [3.63, 3.8) is 0 Å². The molecule has 2 aliphatic rings. The van der Waals surface area contributed by atoms with E-state index in [1.54, 1.807) is 11.3 Å². The summed E-state index contributed by atoms with van der Waals surface area (Å²) in [5.74, 6) is 1.25. The Labute approximate surface area is 128 Å². The summed E-state index contributed by atoms with van der Waals surface area (Å²) in [6.07, 6.45) is 6.59. The van der Waals surface area contributed by atoms with Crippen molar-refractivity contribution in [3.05, 3.63) is 21.3 Å². The molecule has 0 aromatic carbocycles. The van der Waals surface area contributed by atoms with Crippen molar-refractivity contribution in [1.82, 2.24) is 5.32 Å². The maximum Gasteiger partial charge on any atom is 0.156 e. The minimum absolute atomic E-state index is 0.539. The molecule has 0 atom stereocenters. The number of thiophene rings is 1. The lowest BCUT2D eigenvalue weighted by Crippen LogP contribution is -2.34. The zero-order chi connectivity index (χ0) is 13.1. The fourth-order valence-electron chi connectivity index (χ4n) is 2.87. The van der Waals surface area contributed by atoms with Gasteiger partial charge in [0.1, 0.15) is 0 Å². The lowest BCUT2D eigenvalue weighted by molar-refractivity contribution is 0.358. The van der Waals surface area contributed by atoms with Gasteiger partial charge in [-0.25, -0.2) is 0 Å². The lowest BCUT2D eigenvalue weighted by atomic mass is 9.89. The standard InChI is InChI=1S/C14H19ClN2S2/c15-12-4-3-11(19-12)5-8-16-13-17-9-14(10-18-13)6-1-2-7-14/h3-4H,1-2,5-10H2,(H,16,17). The molecule has 1 aromatic rings. The molecule has 1 N–H and O–H groups in total. The Bertz CT molecular complexity index is 464. The molecule has 1 aliphatic heterocycles. The SMILES string of the molecule is Clc1ccc(CCNC2=NCC3(CCCC3)CS2)s1. The molecule has 1 spiro atoms. The number of halogens is 1. The van der Waals surface area contributed by atoms with Gasteiger partial charge in [0.2, 0.25) is 0 Å². The molecular weight excluding hydrogens is 296 g/mol. The second-order valence-corrected chi connectivity index (χ2v) is 8.26. The fourth-order valence-corrected chi connectivity index (χ4v) is 5.14. The molecule has 104 valence electrons. The van der Waals surface area contributed by atoms with E-state index in [9.17, 15) is 0 Å². The maximum absolute atomic E-state index is 5.93. The third-order valence-electron chi connectivity index (χ3n) is 4.01. The zero-order valence-corrected chi connectivity index (χ0v) is 13.3. The highest BCUT2D eigenvalue weighted by molar-refractivity contribution is 8.13. The van der Waals surface area contributed by atoms with Crippen LogP contribution in [0, 0.1) is 5.41 Å². The average Bonchev–Trinajstić information content (AvgIpc) is 3.02. The monoisotopic (exact) mass is 314 g/mol. The molecule has 2 nitrogen and oxygen atoms in total. The number of aliphatic imine (C=N–C) groups is 1. The Hall–Kier alpha value is -0.190. The summed E-state index contributed by atoms with van der Waals surface area (Å²) >= 11 is 9.51. The van der Waals surface area contributed by atoms with Gasteiger partial charge in [0.15, 0.2) is 5.17 Å². The van der Waals surface area contributed by atoms with E-state index in [1.165, 1.54) is 36.3 Å². The molecule has 0 radical (unpaired) electrons. The first-order valence-corrected chi connectivity index (χ1v) is 9.09. The van der Waals surface area contributed by atoms with Crippen molar-refractivity contribution < 1.29 is 0 Å². The molecule has 3 rings (SSSR count). The summed E-state index contributed by atoms with van der Waals surface area (Å²) < 4.78 is 0.877. The van der Waals surface area contributed by atoms with Crippen molar-refractivity contribution in [2.75, 3.05) is 18.8 Å². The highest BCUT2D eigenvalue weighted by Crippen LogP contribution is 2.43. The molecule has 1 fully saturated rings. The van der Waals surface area contributed by atoms with Crippen LogP contribution in [0.25, 0.3) is 0 Å². The van der Waals surface area contributed by atoms with Crippen LogP contribution in [0.1, 0.15) is 30.6 Å². The van der Waals surface area contributed by atoms with Gasteiger partial charge in [0.25, 0.3) is 0 Å². The van der Waals surface area contributed by atoms with Crippen LogP contribution in [0.4, 0.5) is 0 Å². The minimum Gasteiger partial charge on any atom is -0.365 e. The first-order valence-electron chi connectivity index (χ1n) is 6.91. The van der Waals surface area contributed by atoms with Crippen LogP contribution in [0.2, 0.25) is 4.34 Å². The van der Waals surface area contributed by atoms with Crippen LogP contribution in [-0.4, -0.2) is 24.0 Å². The summed E-state index contributed by atoms with van der Waals surface area (Å²) in [5, 5.41) is 4.60. The molecule has 0 unspecified atom stereocenters. The van der Waals surface area contributed by atoms with Crippen LogP contribution in [0.3, 0.4) is 0 Å². The van der Waals surface area contributed by atoms with Crippen LogP contribution in [-0.2, 0) is 6.42 Å². The molecule has 1 aromatic heterocycles. The van der Waals surface area contributed by atoms with E-state index in [1.807, 2.05) is 17.8 Å². The second kappa shape index (κ2) is 6.06. The highest BCUT2D eigenvalue weighted by Gasteiger charge is 2.36. The number of nitrogens with zero attached hydrogens (tertiary/aromatic N) is 1. The average molecular weight is 315 g/mol. The van der Waals surface area contributed by atoms with Crippen LogP contribution < -0.4 is 5.32 Å². The van der Waals surface area contributed by atoms with E-state index < -0.39 is 0 Å². The molecule has 2 heterocycles. The van der Waals surface area contributed by atoms with E-state index in [2.05, 4.69) is 11.4 Å². The zero-order valence-electron chi connectivity index (χ0n) is 11.0. The van der Waals surface area contributed by atoms with Gasteiger partial charge in [-0.1, -0.05) is 36.2 Å². The fraction of sp³-hybridized carbons (Fsp3) is 0.643. The van der Waals surface area contributed by atoms with Gasteiger partial charge in [-0.2, -0.15) is 0 Å². The maximum atomic E-state index is 5.93. The third kappa shape index (κ3) is 3.47. The van der Waals surface area contributed by atoms with E-state index in [4.69, 9.17) is 16.6 Å². The minimum atomic E-state index is 0.539. The quantitative estimate of drug-likeness (QED) is 0.904. The number of amidine groups is 1. The van der Waals surface area contributed by atoms with E-state index in [-0.39, 0.29) is 0 Å². The Morgan fingerprint density at radius 1 is 1.32 bits per heavy atom. The van der Waals surface area contributed by atoms with Gasteiger partial charge < -0.3 is 5.32 Å². The van der Waals surface area contributed by atoms with Crippen LogP contribution in [0.15, 0.2) is 17.1 Å². The van der Waals surface area contributed by atoms with Crippen molar-refractivity contribution in [2.45, 2.75) is 32.1 Å². The molecular formula is C14H19ClN2S2. The molecule has 0 amide bonds. The first-order chi connectivity index (χ1) is 9.26. The van der Waals surface area contributed by atoms with E-state index in [0.29, 0.717) is 5.41 Å². The van der Waals surface area contributed by atoms with Gasteiger partial charge in [-0.15, -0.1) is 11.3 Å². The van der Waals surface area contributed by atoms with Gasteiger partial charge in [-0.3, -0.25) is 4.99 Å².